The van der Waals surface area contributed by atoms with Gasteiger partial charge in [0.25, 0.3) is 5.91 Å². The summed E-state index contributed by atoms with van der Waals surface area (Å²) in [6, 6.07) is 13.8. The van der Waals surface area contributed by atoms with Crippen molar-refractivity contribution >= 4 is 52.9 Å². The monoisotopic (exact) mass is 459 g/mol. The zero-order valence-electron chi connectivity index (χ0n) is 16.7. The van der Waals surface area contributed by atoms with Crippen LogP contribution < -0.4 is 10.7 Å². The molecule has 0 unspecified atom stereocenters. The summed E-state index contributed by atoms with van der Waals surface area (Å²) in [5, 5.41) is 7.41. The van der Waals surface area contributed by atoms with E-state index in [4.69, 9.17) is 32.4 Å². The lowest BCUT2D eigenvalue weighted by Crippen LogP contribution is -2.17. The fraction of sp³-hybridized carbons (Fsp3) is 0.136. The van der Waals surface area contributed by atoms with Gasteiger partial charge in [0.05, 0.1) is 12.8 Å². The van der Waals surface area contributed by atoms with Crippen molar-refractivity contribution in [3.05, 3.63) is 81.0 Å². The second-order valence-corrected chi connectivity index (χ2v) is 7.22. The maximum Gasteiger partial charge on any atom is 0.345 e. The summed E-state index contributed by atoms with van der Waals surface area (Å²) in [7, 11) is 0. The molecule has 0 aliphatic carbocycles. The van der Waals surface area contributed by atoms with Gasteiger partial charge in [0, 0.05) is 16.3 Å². The number of rotatable bonds is 7. The highest BCUT2D eigenvalue weighted by Gasteiger charge is 2.25. The summed E-state index contributed by atoms with van der Waals surface area (Å²) < 4.78 is 10.7. The van der Waals surface area contributed by atoms with Crippen LogP contribution in [0, 0.1) is 6.92 Å². The number of halogens is 2. The van der Waals surface area contributed by atoms with Gasteiger partial charge in [-0.05, 0) is 50.2 Å². The molecule has 0 aliphatic rings. The van der Waals surface area contributed by atoms with Crippen LogP contribution in [0.2, 0.25) is 10.0 Å². The number of hydrazone groups is 1. The number of aryl methyl sites for hydroxylation is 1. The summed E-state index contributed by atoms with van der Waals surface area (Å²) in [4.78, 5) is 24.6. The SMILES string of the molecule is CCOC(=O)c1c(Nc2ccc(Cl)cc2)oc(/C=N\NC(=O)c2ccc(C)cc2)c1Cl. The number of anilines is 2. The molecule has 0 aliphatic heterocycles. The number of hydrogen-bond acceptors (Lipinski definition) is 6. The third-order valence-electron chi connectivity index (χ3n) is 4.12. The largest absolute Gasteiger partial charge is 0.462 e. The second kappa shape index (κ2) is 10.1. The molecule has 0 spiro atoms. The van der Waals surface area contributed by atoms with Crippen LogP contribution in [-0.4, -0.2) is 24.7 Å². The third kappa shape index (κ3) is 5.65. The number of amides is 1. The molecular weight excluding hydrogens is 441 g/mol. The van der Waals surface area contributed by atoms with Crippen LogP contribution in [0.3, 0.4) is 0 Å². The molecule has 9 heteroatoms. The number of nitrogens with zero attached hydrogens (tertiary/aromatic N) is 1. The van der Waals surface area contributed by atoms with E-state index >= 15 is 0 Å². The Hall–Kier alpha value is -3.29. The topological polar surface area (TPSA) is 92.9 Å². The van der Waals surface area contributed by atoms with Gasteiger partial charge in [-0.2, -0.15) is 5.10 Å². The van der Waals surface area contributed by atoms with E-state index in [2.05, 4.69) is 15.8 Å². The van der Waals surface area contributed by atoms with Crippen molar-refractivity contribution in [3.8, 4) is 0 Å². The number of esters is 1. The van der Waals surface area contributed by atoms with Crippen LogP contribution in [-0.2, 0) is 4.74 Å². The molecule has 1 heterocycles. The average Bonchev–Trinajstić information content (AvgIpc) is 3.05. The van der Waals surface area contributed by atoms with E-state index < -0.39 is 11.9 Å². The maximum atomic E-state index is 12.4. The van der Waals surface area contributed by atoms with E-state index in [1.807, 2.05) is 19.1 Å². The molecule has 1 amide bonds. The zero-order valence-corrected chi connectivity index (χ0v) is 18.3. The first-order valence-corrected chi connectivity index (χ1v) is 10.1. The molecule has 31 heavy (non-hydrogen) atoms. The van der Waals surface area contributed by atoms with E-state index in [-0.39, 0.29) is 28.8 Å². The van der Waals surface area contributed by atoms with Crippen LogP contribution >= 0.6 is 23.2 Å². The minimum atomic E-state index is -0.656. The quantitative estimate of drug-likeness (QED) is 0.273. The summed E-state index contributed by atoms with van der Waals surface area (Å²) in [5.74, 6) is -0.900. The Bertz CT molecular complexity index is 1110. The molecule has 0 bridgehead atoms. The van der Waals surface area contributed by atoms with Crippen molar-refractivity contribution in [1.82, 2.24) is 5.43 Å². The van der Waals surface area contributed by atoms with Gasteiger partial charge in [-0.15, -0.1) is 0 Å². The van der Waals surface area contributed by atoms with Crippen LogP contribution in [0.25, 0.3) is 0 Å². The lowest BCUT2D eigenvalue weighted by atomic mass is 10.1. The Labute approximate surface area is 189 Å². The number of ether oxygens (including phenoxy) is 1. The number of furan rings is 1. The fourth-order valence-corrected chi connectivity index (χ4v) is 2.94. The molecule has 0 atom stereocenters. The van der Waals surface area contributed by atoms with E-state index in [0.717, 1.165) is 5.56 Å². The van der Waals surface area contributed by atoms with Crippen molar-refractivity contribution in [3.63, 3.8) is 0 Å². The first-order valence-electron chi connectivity index (χ1n) is 9.31. The minimum absolute atomic E-state index is 0.00301. The number of carbonyl (C=O) groups is 2. The highest BCUT2D eigenvalue weighted by atomic mass is 35.5. The molecule has 0 saturated carbocycles. The lowest BCUT2D eigenvalue weighted by Gasteiger charge is -2.06. The molecule has 3 rings (SSSR count). The maximum absolute atomic E-state index is 12.4. The van der Waals surface area contributed by atoms with E-state index in [0.29, 0.717) is 16.3 Å². The first kappa shape index (κ1) is 22.4. The molecule has 2 N–H and O–H groups in total. The van der Waals surface area contributed by atoms with Gasteiger partial charge in [-0.25, -0.2) is 10.2 Å². The number of nitrogens with one attached hydrogen (secondary N) is 2. The van der Waals surface area contributed by atoms with Crippen molar-refractivity contribution in [2.24, 2.45) is 5.10 Å². The third-order valence-corrected chi connectivity index (χ3v) is 4.75. The number of hydrogen-bond donors (Lipinski definition) is 2. The van der Waals surface area contributed by atoms with E-state index in [9.17, 15) is 9.59 Å². The van der Waals surface area contributed by atoms with Crippen molar-refractivity contribution in [2.45, 2.75) is 13.8 Å². The van der Waals surface area contributed by atoms with Gasteiger partial charge < -0.3 is 14.5 Å². The van der Waals surface area contributed by atoms with Crippen LogP contribution in [0.5, 0.6) is 0 Å². The molecule has 160 valence electrons. The molecule has 0 saturated heterocycles. The standard InChI is InChI=1S/C22H19Cl2N3O4/c1-3-30-22(29)18-19(24)17(31-21(18)26-16-10-8-15(23)9-11-16)12-25-27-20(28)14-6-4-13(2)5-7-14/h4-12,26H,3H2,1-2H3,(H,27,28)/b25-12-. The highest BCUT2D eigenvalue weighted by molar-refractivity contribution is 6.36. The van der Waals surface area contributed by atoms with E-state index in [1.165, 1.54) is 6.21 Å². The Kier molecular flexibility index (Phi) is 7.33. The highest BCUT2D eigenvalue weighted by Crippen LogP contribution is 2.34. The van der Waals surface area contributed by atoms with Crippen LogP contribution in [0.15, 0.2) is 58.0 Å². The molecule has 7 nitrogen and oxygen atoms in total. The Balaban J connectivity index is 1.83. The van der Waals surface area contributed by atoms with Gasteiger partial charge in [0.2, 0.25) is 5.88 Å². The van der Waals surface area contributed by atoms with Gasteiger partial charge in [0.1, 0.15) is 10.6 Å². The molecule has 1 aromatic heterocycles. The van der Waals surface area contributed by atoms with Crippen molar-refractivity contribution in [2.75, 3.05) is 11.9 Å². The van der Waals surface area contributed by atoms with Gasteiger partial charge in [-0.1, -0.05) is 40.9 Å². The lowest BCUT2D eigenvalue weighted by molar-refractivity contribution is 0.0527. The van der Waals surface area contributed by atoms with Crippen LogP contribution in [0.1, 0.15) is 39.0 Å². The van der Waals surface area contributed by atoms with E-state index in [1.54, 1.807) is 43.3 Å². The molecular formula is C22H19Cl2N3O4. The zero-order chi connectivity index (χ0) is 22.4. The average molecular weight is 460 g/mol. The predicted molar refractivity (Wildman–Crippen MR) is 121 cm³/mol. The smallest absolute Gasteiger partial charge is 0.345 e. The Morgan fingerprint density at radius 1 is 1.10 bits per heavy atom. The summed E-state index contributed by atoms with van der Waals surface area (Å²) >= 11 is 12.2. The van der Waals surface area contributed by atoms with Crippen molar-refractivity contribution in [1.29, 1.82) is 0 Å². The molecule has 0 fully saturated rings. The van der Waals surface area contributed by atoms with Crippen molar-refractivity contribution < 1.29 is 18.7 Å². The summed E-state index contributed by atoms with van der Waals surface area (Å²) in [6.45, 7) is 3.77. The minimum Gasteiger partial charge on any atom is -0.462 e. The van der Waals surface area contributed by atoms with Gasteiger partial charge >= 0.3 is 5.97 Å². The Morgan fingerprint density at radius 3 is 2.42 bits per heavy atom. The predicted octanol–water partition coefficient (Wildman–Crippen LogP) is 5.58. The van der Waals surface area contributed by atoms with Gasteiger partial charge in [0.15, 0.2) is 5.76 Å². The number of benzene rings is 2. The summed E-state index contributed by atoms with van der Waals surface area (Å²) in [5.41, 5.74) is 4.52. The summed E-state index contributed by atoms with van der Waals surface area (Å²) in [6.07, 6.45) is 1.21. The van der Waals surface area contributed by atoms with Crippen LogP contribution in [0.4, 0.5) is 11.6 Å². The molecule has 0 radical (unpaired) electrons. The normalized spacial score (nSPS) is 10.8. The second-order valence-electron chi connectivity index (χ2n) is 6.40. The molecule has 2 aromatic carbocycles. The first-order chi connectivity index (χ1) is 14.9. The number of carbonyl (C=O) groups excluding carboxylic acids is 2. The van der Waals surface area contributed by atoms with Gasteiger partial charge in [-0.3, -0.25) is 4.79 Å². The fourth-order valence-electron chi connectivity index (χ4n) is 2.57. The molecule has 3 aromatic rings. The Morgan fingerprint density at radius 2 is 1.77 bits per heavy atom.